The maximum Gasteiger partial charge on any atom is 0.351 e. The Morgan fingerprint density at radius 2 is 1.98 bits per heavy atom. The Kier molecular flexibility index (Phi) is 5.73. The molecule has 12 heteroatoms. The summed E-state index contributed by atoms with van der Waals surface area (Å²) < 4.78 is 29.4. The lowest BCUT2D eigenvalue weighted by atomic mass is 9.84. The predicted molar refractivity (Wildman–Crippen MR) is 147 cm³/mol. The first-order valence-electron chi connectivity index (χ1n) is 14.1. The maximum atomic E-state index is 14.8. The Balaban J connectivity index is 1.15. The third kappa shape index (κ3) is 4.15. The number of halogens is 1. The van der Waals surface area contributed by atoms with E-state index in [1.807, 2.05) is 19.9 Å². The molecule has 212 valence electrons. The van der Waals surface area contributed by atoms with Crippen molar-refractivity contribution in [2.24, 2.45) is 0 Å². The van der Waals surface area contributed by atoms with Gasteiger partial charge in [0.15, 0.2) is 23.1 Å². The lowest BCUT2D eigenvalue weighted by Gasteiger charge is -2.47. The van der Waals surface area contributed by atoms with Crippen LogP contribution >= 0.6 is 0 Å². The van der Waals surface area contributed by atoms with Gasteiger partial charge in [0.2, 0.25) is 5.95 Å². The van der Waals surface area contributed by atoms with E-state index in [1.54, 1.807) is 16.7 Å². The molecule has 1 aromatic carbocycles. The van der Waals surface area contributed by atoms with Gasteiger partial charge >= 0.3 is 5.69 Å². The molecule has 7 rings (SSSR count). The van der Waals surface area contributed by atoms with Crippen LogP contribution in [0.25, 0.3) is 5.69 Å². The number of nitrogens with zero attached hydrogens (tertiary/aromatic N) is 6. The number of aromatic nitrogens is 5. The molecule has 40 heavy (non-hydrogen) atoms. The van der Waals surface area contributed by atoms with Crippen LogP contribution in [0.3, 0.4) is 0 Å². The van der Waals surface area contributed by atoms with Crippen molar-refractivity contribution in [2.75, 3.05) is 30.4 Å². The minimum absolute atomic E-state index is 0.0534. The molecule has 4 aliphatic heterocycles. The SMILES string of the molecule is CC1(C)Oc2ccc(Nc3ncc(F)c(N[C@@H]4C[C@@H]5CCCN5C(C)(C)C4)n3)cc2-n2c1nn(C1COC1)c2=O. The number of fused-ring (bicyclic) bond motifs is 4. The number of piperidine rings is 1. The molecule has 4 aliphatic rings. The highest BCUT2D eigenvalue weighted by atomic mass is 19.1. The number of nitrogens with one attached hydrogen (secondary N) is 2. The zero-order chi connectivity index (χ0) is 27.8. The molecular weight excluding hydrogens is 515 g/mol. The van der Waals surface area contributed by atoms with Crippen LogP contribution in [-0.2, 0) is 10.3 Å². The van der Waals surface area contributed by atoms with Crippen LogP contribution in [0.1, 0.15) is 65.2 Å². The van der Waals surface area contributed by atoms with Gasteiger partial charge in [-0.2, -0.15) is 4.98 Å². The Morgan fingerprint density at radius 1 is 1.15 bits per heavy atom. The van der Waals surface area contributed by atoms with Gasteiger partial charge in [0.05, 0.1) is 25.1 Å². The number of rotatable bonds is 5. The second-order valence-electron chi connectivity index (χ2n) is 12.5. The lowest BCUT2D eigenvalue weighted by molar-refractivity contribution is -0.0308. The molecule has 0 saturated carbocycles. The van der Waals surface area contributed by atoms with Crippen molar-refractivity contribution >= 4 is 17.5 Å². The normalized spacial score (nSPS) is 24.8. The third-order valence-corrected chi connectivity index (χ3v) is 8.67. The smallest absolute Gasteiger partial charge is 0.351 e. The van der Waals surface area contributed by atoms with Gasteiger partial charge in [0.25, 0.3) is 0 Å². The molecule has 0 bridgehead atoms. The van der Waals surface area contributed by atoms with Gasteiger partial charge in [-0.25, -0.2) is 23.4 Å². The minimum atomic E-state index is -0.791. The molecule has 6 heterocycles. The number of ether oxygens (including phenoxy) is 2. The second-order valence-corrected chi connectivity index (χ2v) is 12.5. The van der Waals surface area contributed by atoms with E-state index in [2.05, 4.69) is 44.4 Å². The standard InChI is InChI=1S/C28H35FN8O3/c1-27(2)12-17(10-18-6-5-9-35(18)27)31-23-20(29)13-30-25(33-23)32-16-7-8-22-21(11-16)36-24(28(3,4)40-22)34-37(26(36)38)19-14-39-15-19/h7-8,11,13,17-19H,5-6,9-10,12,14-15H2,1-4H3,(H2,30,31,32,33)/t17-,18+/m1/s1. The van der Waals surface area contributed by atoms with E-state index in [0.717, 1.165) is 19.4 Å². The summed E-state index contributed by atoms with van der Waals surface area (Å²) >= 11 is 0. The summed E-state index contributed by atoms with van der Waals surface area (Å²) in [5.74, 6) is 1.05. The van der Waals surface area contributed by atoms with Crippen molar-refractivity contribution < 1.29 is 13.9 Å². The summed E-state index contributed by atoms with van der Waals surface area (Å²) in [4.78, 5) is 24.7. The van der Waals surface area contributed by atoms with E-state index >= 15 is 0 Å². The summed E-state index contributed by atoms with van der Waals surface area (Å²) in [6.45, 7) is 10.4. The van der Waals surface area contributed by atoms with Crippen LogP contribution in [0.15, 0.2) is 29.2 Å². The molecule has 2 N–H and O–H groups in total. The molecule has 2 atom stereocenters. The fourth-order valence-corrected chi connectivity index (χ4v) is 6.74. The maximum absolute atomic E-state index is 14.8. The van der Waals surface area contributed by atoms with Crippen LogP contribution < -0.4 is 21.1 Å². The molecule has 0 spiro atoms. The largest absolute Gasteiger partial charge is 0.478 e. The van der Waals surface area contributed by atoms with Gasteiger partial charge in [-0.3, -0.25) is 4.90 Å². The molecule has 2 aromatic heterocycles. The monoisotopic (exact) mass is 550 g/mol. The van der Waals surface area contributed by atoms with Gasteiger partial charge in [0, 0.05) is 23.3 Å². The van der Waals surface area contributed by atoms with Gasteiger partial charge < -0.3 is 20.1 Å². The van der Waals surface area contributed by atoms with E-state index < -0.39 is 11.4 Å². The predicted octanol–water partition coefficient (Wildman–Crippen LogP) is 3.72. The number of benzene rings is 1. The zero-order valence-electron chi connectivity index (χ0n) is 23.3. The van der Waals surface area contributed by atoms with E-state index in [9.17, 15) is 9.18 Å². The van der Waals surface area contributed by atoms with Gasteiger partial charge in [0.1, 0.15) is 11.8 Å². The van der Waals surface area contributed by atoms with Gasteiger partial charge in [-0.05, 0) is 78.1 Å². The van der Waals surface area contributed by atoms with Crippen molar-refractivity contribution in [1.82, 2.24) is 29.2 Å². The molecule has 0 radical (unpaired) electrons. The Bertz CT molecular complexity index is 1530. The van der Waals surface area contributed by atoms with Crippen LogP contribution in [0.5, 0.6) is 5.75 Å². The van der Waals surface area contributed by atoms with Gasteiger partial charge in [-0.15, -0.1) is 5.10 Å². The highest BCUT2D eigenvalue weighted by molar-refractivity contribution is 5.64. The fraction of sp³-hybridized carbons (Fsp3) is 0.571. The quantitative estimate of drug-likeness (QED) is 0.491. The molecule has 3 fully saturated rings. The van der Waals surface area contributed by atoms with Crippen LogP contribution in [0.4, 0.5) is 21.8 Å². The molecule has 0 unspecified atom stereocenters. The van der Waals surface area contributed by atoms with Gasteiger partial charge in [-0.1, -0.05) is 0 Å². The first-order chi connectivity index (χ1) is 19.1. The summed E-state index contributed by atoms with van der Waals surface area (Å²) in [6.07, 6.45) is 5.45. The van der Waals surface area contributed by atoms with Crippen molar-refractivity contribution in [3.8, 4) is 11.4 Å². The molecule has 11 nitrogen and oxygen atoms in total. The number of hydrogen-bond acceptors (Lipinski definition) is 9. The topological polar surface area (TPSA) is 111 Å². The molecule has 0 aliphatic carbocycles. The average Bonchev–Trinajstić information content (AvgIpc) is 3.47. The van der Waals surface area contributed by atoms with E-state index in [0.29, 0.717) is 42.2 Å². The average molecular weight is 551 g/mol. The molecule has 0 amide bonds. The third-order valence-electron chi connectivity index (χ3n) is 8.67. The van der Waals surface area contributed by atoms with Crippen molar-refractivity contribution in [3.05, 3.63) is 46.5 Å². The second kappa shape index (κ2) is 9.00. The first kappa shape index (κ1) is 25.5. The van der Waals surface area contributed by atoms with Crippen molar-refractivity contribution in [1.29, 1.82) is 0 Å². The van der Waals surface area contributed by atoms with Crippen LogP contribution in [-0.4, -0.2) is 66.6 Å². The highest BCUT2D eigenvalue weighted by Crippen LogP contribution is 2.40. The molecular formula is C28H35FN8O3. The lowest BCUT2D eigenvalue weighted by Crippen LogP contribution is -2.55. The van der Waals surface area contributed by atoms with Crippen molar-refractivity contribution in [3.63, 3.8) is 0 Å². The molecule has 3 aromatic rings. The first-order valence-corrected chi connectivity index (χ1v) is 14.1. The zero-order valence-corrected chi connectivity index (χ0v) is 23.3. The number of hydrogen-bond donors (Lipinski definition) is 2. The van der Waals surface area contributed by atoms with E-state index in [1.165, 1.54) is 23.7 Å². The van der Waals surface area contributed by atoms with Crippen LogP contribution in [0.2, 0.25) is 0 Å². The summed E-state index contributed by atoms with van der Waals surface area (Å²) in [5.41, 5.74) is 0.233. The number of anilines is 3. The highest BCUT2D eigenvalue weighted by Gasteiger charge is 2.43. The Labute approximate surface area is 231 Å². The summed E-state index contributed by atoms with van der Waals surface area (Å²) in [7, 11) is 0. The Morgan fingerprint density at radius 3 is 2.75 bits per heavy atom. The molecule has 3 saturated heterocycles. The van der Waals surface area contributed by atoms with E-state index in [4.69, 9.17) is 9.47 Å². The Hall–Kier alpha value is -3.51. The fourth-order valence-electron chi connectivity index (χ4n) is 6.74. The van der Waals surface area contributed by atoms with Crippen molar-refractivity contribution in [2.45, 2.75) is 82.6 Å². The minimum Gasteiger partial charge on any atom is -0.478 e. The van der Waals surface area contributed by atoms with Crippen LogP contribution in [0, 0.1) is 5.82 Å². The summed E-state index contributed by atoms with van der Waals surface area (Å²) in [6, 6.07) is 5.99. The summed E-state index contributed by atoms with van der Waals surface area (Å²) in [5, 5.41) is 11.2. The van der Waals surface area contributed by atoms with E-state index in [-0.39, 0.29) is 35.1 Å².